The van der Waals surface area contributed by atoms with Crippen molar-refractivity contribution in [2.45, 2.75) is 57.0 Å². The summed E-state index contributed by atoms with van der Waals surface area (Å²) in [5.41, 5.74) is 3.23. The minimum Gasteiger partial charge on any atom is -0.487 e. The number of aliphatic hydroxyl groups excluding tert-OH is 2. The molecule has 0 bridgehead atoms. The van der Waals surface area contributed by atoms with Gasteiger partial charge in [-0.15, -0.1) is 12.4 Å². The largest absolute Gasteiger partial charge is 0.487 e. The summed E-state index contributed by atoms with van der Waals surface area (Å²) in [6.07, 6.45) is 0.927. The molecule has 0 amide bonds. The highest BCUT2D eigenvalue weighted by Crippen LogP contribution is 2.31. The van der Waals surface area contributed by atoms with E-state index in [0.29, 0.717) is 31.7 Å². The highest BCUT2D eigenvalue weighted by Gasteiger charge is 2.30. The molecule has 0 saturated heterocycles. The molecule has 2 aliphatic heterocycles. The van der Waals surface area contributed by atoms with Crippen LogP contribution >= 0.6 is 21.8 Å². The molecule has 2 heterocycles. The Bertz CT molecular complexity index is 830. The topological polar surface area (TPSA) is 62.2 Å². The summed E-state index contributed by atoms with van der Waals surface area (Å²) >= 11 is 0. The molecule has 0 spiro atoms. The summed E-state index contributed by atoms with van der Waals surface area (Å²) in [6.45, 7) is 2.76. The molecular formula is C23H30ClFNO4P. The first-order chi connectivity index (χ1) is 14.4. The van der Waals surface area contributed by atoms with Crippen molar-refractivity contribution >= 4 is 21.8 Å². The predicted octanol–water partition coefficient (Wildman–Crippen LogP) is 3.46. The van der Waals surface area contributed by atoms with Crippen molar-refractivity contribution in [1.82, 2.24) is 4.67 Å². The van der Waals surface area contributed by atoms with E-state index in [2.05, 4.69) is 22.4 Å². The number of hydrogen-bond acceptors (Lipinski definition) is 5. The van der Waals surface area contributed by atoms with Gasteiger partial charge < -0.3 is 19.7 Å². The second-order valence-corrected chi connectivity index (χ2v) is 9.07. The molecule has 4 rings (SSSR count). The van der Waals surface area contributed by atoms with E-state index in [0.717, 1.165) is 24.2 Å². The Morgan fingerprint density at radius 2 is 1.48 bits per heavy atom. The molecule has 5 nitrogen and oxygen atoms in total. The van der Waals surface area contributed by atoms with Crippen LogP contribution < -0.4 is 9.47 Å². The second kappa shape index (κ2) is 10.5. The van der Waals surface area contributed by atoms with Gasteiger partial charge in [-0.2, -0.15) is 0 Å². The van der Waals surface area contributed by atoms with Crippen molar-refractivity contribution in [1.29, 1.82) is 0 Å². The number of aliphatic hydroxyl groups is 2. The van der Waals surface area contributed by atoms with Gasteiger partial charge in [0.2, 0.25) is 0 Å². The highest BCUT2D eigenvalue weighted by atomic mass is 35.5. The molecule has 0 saturated carbocycles. The van der Waals surface area contributed by atoms with E-state index in [9.17, 15) is 14.6 Å². The van der Waals surface area contributed by atoms with Gasteiger partial charge in [-0.05, 0) is 68.0 Å². The third-order valence-corrected chi connectivity index (χ3v) is 6.31. The first-order valence-corrected chi connectivity index (χ1v) is 11.0. The third kappa shape index (κ3) is 5.88. The SMILES string of the molecule is Cc1ccc2c(c1)CCC(C(O)CN(P)CC(O)C1CCc3cc(F)ccc3O1)O2.Cl. The van der Waals surface area contributed by atoms with Crippen LogP contribution in [-0.2, 0) is 12.8 Å². The Hall–Kier alpha value is -1.43. The summed E-state index contributed by atoms with van der Waals surface area (Å²) in [5.74, 6) is 1.20. The maximum absolute atomic E-state index is 13.3. The van der Waals surface area contributed by atoms with Crippen LogP contribution in [0.2, 0.25) is 0 Å². The lowest BCUT2D eigenvalue weighted by Crippen LogP contribution is -2.45. The zero-order chi connectivity index (χ0) is 21.3. The standard InChI is InChI=1S/C23H29FNO4P.ClH/c1-14-2-6-20-15(10-14)3-7-22(28-20)18(26)12-25(30)13-19(27)23-8-4-16-11-17(24)5-9-21(16)29-23;/h2,5-6,9-11,18-19,22-23,26-27H,3-4,7-8,12-13,30H2,1H3;1H. The van der Waals surface area contributed by atoms with Crippen LogP contribution in [0.5, 0.6) is 11.5 Å². The number of nitrogens with zero attached hydrogens (tertiary/aromatic N) is 1. The molecule has 8 heteroatoms. The third-order valence-electron chi connectivity index (χ3n) is 5.89. The summed E-state index contributed by atoms with van der Waals surface area (Å²) in [4.78, 5) is 0. The monoisotopic (exact) mass is 469 g/mol. The lowest BCUT2D eigenvalue weighted by molar-refractivity contribution is -0.00755. The molecule has 0 fully saturated rings. The van der Waals surface area contributed by atoms with Crippen molar-refractivity contribution in [3.63, 3.8) is 0 Å². The Morgan fingerprint density at radius 1 is 0.968 bits per heavy atom. The number of fused-ring (bicyclic) bond motifs is 2. The van der Waals surface area contributed by atoms with Crippen LogP contribution in [0.4, 0.5) is 4.39 Å². The fourth-order valence-corrected chi connectivity index (χ4v) is 4.68. The van der Waals surface area contributed by atoms with Gasteiger partial charge in [0.15, 0.2) is 0 Å². The van der Waals surface area contributed by atoms with E-state index in [1.807, 2.05) is 16.8 Å². The van der Waals surface area contributed by atoms with E-state index >= 15 is 0 Å². The Kier molecular flexibility index (Phi) is 8.17. The summed E-state index contributed by atoms with van der Waals surface area (Å²) in [5, 5.41) is 21.3. The van der Waals surface area contributed by atoms with E-state index < -0.39 is 12.2 Å². The number of aryl methyl sites for hydroxylation is 3. The molecule has 2 N–H and O–H groups in total. The average Bonchev–Trinajstić information content (AvgIpc) is 2.72. The van der Waals surface area contributed by atoms with Crippen LogP contribution in [0.25, 0.3) is 0 Å². The summed E-state index contributed by atoms with van der Waals surface area (Å²) < 4.78 is 27.1. The molecule has 0 aliphatic carbocycles. The Morgan fingerprint density at radius 3 is 2.06 bits per heavy atom. The first kappa shape index (κ1) is 24.2. The number of halogens is 2. The van der Waals surface area contributed by atoms with Crippen LogP contribution in [-0.4, -0.2) is 52.4 Å². The summed E-state index contributed by atoms with van der Waals surface area (Å²) in [7, 11) is 2.57. The molecule has 0 radical (unpaired) electrons. The lowest BCUT2D eigenvalue weighted by atomic mass is 9.97. The maximum atomic E-state index is 13.3. The van der Waals surface area contributed by atoms with Crippen molar-refractivity contribution in [3.8, 4) is 11.5 Å². The predicted molar refractivity (Wildman–Crippen MR) is 124 cm³/mol. The molecule has 2 aromatic carbocycles. The fraction of sp³-hybridized carbons (Fsp3) is 0.478. The van der Waals surface area contributed by atoms with Gasteiger partial charge in [0.05, 0.1) is 0 Å². The van der Waals surface area contributed by atoms with Gasteiger partial charge in [0, 0.05) is 13.1 Å². The molecule has 2 aliphatic rings. The smallest absolute Gasteiger partial charge is 0.126 e. The molecule has 0 aromatic heterocycles. The van der Waals surface area contributed by atoms with E-state index in [-0.39, 0.29) is 30.4 Å². The molecule has 2 aromatic rings. The van der Waals surface area contributed by atoms with E-state index in [4.69, 9.17) is 9.47 Å². The number of benzene rings is 2. The van der Waals surface area contributed by atoms with Crippen molar-refractivity contribution < 1.29 is 24.1 Å². The lowest BCUT2D eigenvalue weighted by Gasteiger charge is -2.34. The van der Waals surface area contributed by atoms with Gasteiger partial charge in [-0.3, -0.25) is 4.67 Å². The van der Waals surface area contributed by atoms with Crippen molar-refractivity contribution in [2.75, 3.05) is 13.1 Å². The summed E-state index contributed by atoms with van der Waals surface area (Å²) in [6, 6.07) is 10.6. The Balaban J connectivity index is 0.00000272. The zero-order valence-electron chi connectivity index (χ0n) is 17.5. The molecule has 31 heavy (non-hydrogen) atoms. The fourth-order valence-electron chi connectivity index (χ4n) is 4.25. The van der Waals surface area contributed by atoms with Crippen molar-refractivity contribution in [3.05, 3.63) is 58.9 Å². The average molecular weight is 470 g/mol. The molecule has 170 valence electrons. The number of ether oxygens (including phenoxy) is 2. The quantitative estimate of drug-likeness (QED) is 0.634. The van der Waals surface area contributed by atoms with Crippen LogP contribution in [0.15, 0.2) is 36.4 Å². The second-order valence-electron chi connectivity index (χ2n) is 8.34. The Labute approximate surface area is 191 Å². The van der Waals surface area contributed by atoms with Crippen LogP contribution in [0, 0.1) is 12.7 Å². The van der Waals surface area contributed by atoms with E-state index in [1.165, 1.54) is 23.3 Å². The van der Waals surface area contributed by atoms with Crippen LogP contribution in [0.3, 0.4) is 0 Å². The highest BCUT2D eigenvalue weighted by molar-refractivity contribution is 7.13. The molecular weight excluding hydrogens is 440 g/mol. The molecule has 5 unspecified atom stereocenters. The molecule has 5 atom stereocenters. The minimum atomic E-state index is -0.719. The van der Waals surface area contributed by atoms with Gasteiger partial charge in [-0.25, -0.2) is 4.39 Å². The van der Waals surface area contributed by atoms with Gasteiger partial charge >= 0.3 is 0 Å². The first-order valence-electron chi connectivity index (χ1n) is 10.5. The minimum absolute atomic E-state index is 0. The van der Waals surface area contributed by atoms with E-state index in [1.54, 1.807) is 6.07 Å². The van der Waals surface area contributed by atoms with Gasteiger partial charge in [0.1, 0.15) is 41.7 Å². The van der Waals surface area contributed by atoms with Crippen LogP contribution in [0.1, 0.15) is 29.5 Å². The van der Waals surface area contributed by atoms with Crippen molar-refractivity contribution in [2.24, 2.45) is 0 Å². The normalized spacial score (nSPS) is 21.7. The maximum Gasteiger partial charge on any atom is 0.126 e. The van der Waals surface area contributed by atoms with Gasteiger partial charge in [-0.1, -0.05) is 27.1 Å². The zero-order valence-corrected chi connectivity index (χ0v) is 19.5. The van der Waals surface area contributed by atoms with Gasteiger partial charge in [0.25, 0.3) is 0 Å². The number of rotatable bonds is 6. The number of hydrogen-bond donors (Lipinski definition) is 2.